The Morgan fingerprint density at radius 1 is 1.57 bits per heavy atom. The van der Waals surface area contributed by atoms with Gasteiger partial charge in [-0.25, -0.2) is 4.72 Å². The monoisotopic (exact) mass is 235 g/mol. The van der Waals surface area contributed by atoms with Crippen LogP contribution in [-0.2, 0) is 12.0 Å². The topological polar surface area (TPSA) is 63.2 Å². The second-order valence-electron chi connectivity index (χ2n) is 0.674. The standard InChI is InChI=1S/CH2INO3S/c2-7(5,6)3-1-4/h1H,(H,3,4). The second kappa shape index (κ2) is 2.46. The maximum atomic E-state index is 9.88. The van der Waals surface area contributed by atoms with E-state index in [1.54, 1.807) is 4.72 Å². The van der Waals surface area contributed by atoms with Crippen molar-refractivity contribution in [1.29, 1.82) is 0 Å². The quantitative estimate of drug-likeness (QED) is 0.395. The van der Waals surface area contributed by atoms with Gasteiger partial charge in [-0.2, -0.15) is 8.42 Å². The highest BCUT2D eigenvalue weighted by Crippen LogP contribution is 1.91. The van der Waals surface area contributed by atoms with Crippen LogP contribution in [0, 0.1) is 0 Å². The summed E-state index contributed by atoms with van der Waals surface area (Å²) >= 11 is 1.11. The van der Waals surface area contributed by atoms with E-state index < -0.39 is 7.19 Å². The Morgan fingerprint density at radius 2 is 2.00 bits per heavy atom. The molecule has 0 aromatic carbocycles. The van der Waals surface area contributed by atoms with E-state index >= 15 is 0 Å². The summed E-state index contributed by atoms with van der Waals surface area (Å²) in [5.41, 5.74) is 0. The van der Waals surface area contributed by atoms with E-state index in [1.165, 1.54) is 0 Å². The van der Waals surface area contributed by atoms with Crippen molar-refractivity contribution in [3.63, 3.8) is 0 Å². The second-order valence-corrected chi connectivity index (χ2v) is 5.26. The lowest BCUT2D eigenvalue weighted by atomic mass is 11.5. The van der Waals surface area contributed by atoms with Gasteiger partial charge in [0.05, 0.1) is 21.2 Å². The minimum Gasteiger partial charge on any atom is -0.278 e. The molecule has 42 valence electrons. The summed E-state index contributed by atoms with van der Waals surface area (Å²) < 4.78 is 21.3. The SMILES string of the molecule is O=CNS(=O)(=O)I. The van der Waals surface area contributed by atoms with Gasteiger partial charge in [-0.15, -0.1) is 0 Å². The third-order valence-electron chi connectivity index (χ3n) is 0.189. The van der Waals surface area contributed by atoms with Crippen LogP contribution in [0.15, 0.2) is 0 Å². The fourth-order valence-corrected chi connectivity index (χ4v) is 0.484. The predicted molar refractivity (Wildman–Crippen MR) is 32.1 cm³/mol. The summed E-state index contributed by atoms with van der Waals surface area (Å²) in [5.74, 6) is 0. The minimum atomic E-state index is -3.32. The zero-order valence-corrected chi connectivity index (χ0v) is 6.06. The lowest BCUT2D eigenvalue weighted by molar-refractivity contribution is -0.108. The zero-order valence-electron chi connectivity index (χ0n) is 3.09. The summed E-state index contributed by atoms with van der Waals surface area (Å²) in [4.78, 5) is 9.33. The molecule has 6 heteroatoms. The van der Waals surface area contributed by atoms with E-state index in [1.807, 2.05) is 0 Å². The average molecular weight is 235 g/mol. The van der Waals surface area contributed by atoms with E-state index in [0.717, 1.165) is 21.2 Å². The van der Waals surface area contributed by atoms with Crippen LogP contribution < -0.4 is 4.72 Å². The number of hydrogen-bond donors (Lipinski definition) is 1. The fourth-order valence-electron chi connectivity index (χ4n) is 0.0575. The molecule has 0 bridgehead atoms. The highest BCUT2D eigenvalue weighted by Gasteiger charge is 1.95. The van der Waals surface area contributed by atoms with E-state index in [9.17, 15) is 13.2 Å². The lowest BCUT2D eigenvalue weighted by Gasteiger charge is -1.83. The molecule has 0 saturated heterocycles. The Bertz CT molecular complexity index is 148. The summed E-state index contributed by atoms with van der Waals surface area (Å²) in [7, 11) is -3.32. The van der Waals surface area contributed by atoms with Gasteiger partial charge in [0.15, 0.2) is 0 Å². The molecular formula is CH2INO3S. The van der Waals surface area contributed by atoms with Crippen LogP contribution in [-0.4, -0.2) is 14.8 Å². The smallest absolute Gasteiger partial charge is 0.278 e. The van der Waals surface area contributed by atoms with Gasteiger partial charge in [0, 0.05) is 0 Å². The van der Waals surface area contributed by atoms with Crippen LogP contribution in [0.3, 0.4) is 0 Å². The normalized spacial score (nSPS) is 10.4. The van der Waals surface area contributed by atoms with Crippen molar-refractivity contribution >= 4 is 34.8 Å². The highest BCUT2D eigenvalue weighted by atomic mass is 127. The molecule has 0 radical (unpaired) electrons. The Morgan fingerprint density at radius 3 is 2.00 bits per heavy atom. The third kappa shape index (κ3) is 6.15. The molecule has 0 fully saturated rings. The first-order valence-corrected chi connectivity index (χ1v) is 5.24. The molecule has 0 rings (SSSR count). The molecule has 0 unspecified atom stereocenters. The number of amides is 1. The fraction of sp³-hybridized carbons (Fsp3) is 0. The summed E-state index contributed by atoms with van der Waals surface area (Å²) in [6.45, 7) is 0. The number of carbonyl (C=O) groups excluding carboxylic acids is 1. The van der Waals surface area contributed by atoms with Crippen LogP contribution in [0.2, 0.25) is 0 Å². The molecule has 1 amide bonds. The van der Waals surface area contributed by atoms with Gasteiger partial charge in [0.2, 0.25) is 6.41 Å². The number of halogens is 1. The van der Waals surface area contributed by atoms with Gasteiger partial charge < -0.3 is 0 Å². The molecule has 0 aliphatic heterocycles. The van der Waals surface area contributed by atoms with E-state index in [0.29, 0.717) is 0 Å². The first-order chi connectivity index (χ1) is 3.06. The van der Waals surface area contributed by atoms with Gasteiger partial charge in [0.1, 0.15) is 0 Å². The minimum absolute atomic E-state index is 0.113. The maximum Gasteiger partial charge on any atom is 0.288 e. The summed E-state index contributed by atoms with van der Waals surface area (Å²) in [5, 5.41) is 0. The van der Waals surface area contributed by atoms with Gasteiger partial charge in [-0.1, -0.05) is 0 Å². The molecule has 0 aliphatic rings. The number of nitrogens with one attached hydrogen (secondary N) is 1. The molecule has 4 nitrogen and oxygen atoms in total. The Hall–Kier alpha value is 0.150. The molecule has 7 heavy (non-hydrogen) atoms. The molecule has 0 aliphatic carbocycles. The van der Waals surface area contributed by atoms with Crippen molar-refractivity contribution in [2.75, 3.05) is 0 Å². The molecule has 0 aromatic rings. The largest absolute Gasteiger partial charge is 0.288 e. The van der Waals surface area contributed by atoms with Crippen molar-refractivity contribution in [3.05, 3.63) is 0 Å². The zero-order chi connectivity index (χ0) is 5.91. The summed E-state index contributed by atoms with van der Waals surface area (Å²) in [6, 6.07) is 0. The first-order valence-electron chi connectivity index (χ1n) is 1.22. The van der Waals surface area contributed by atoms with Crippen LogP contribution in [0.5, 0.6) is 0 Å². The molecule has 0 atom stereocenters. The summed E-state index contributed by atoms with van der Waals surface area (Å²) in [6.07, 6.45) is 0.113. The van der Waals surface area contributed by atoms with Gasteiger partial charge >= 0.3 is 0 Å². The first kappa shape index (κ1) is 7.15. The van der Waals surface area contributed by atoms with Crippen molar-refractivity contribution in [2.24, 2.45) is 0 Å². The molecule has 0 saturated carbocycles. The van der Waals surface area contributed by atoms with Crippen LogP contribution in [0.4, 0.5) is 0 Å². The lowest BCUT2D eigenvalue weighted by Crippen LogP contribution is -2.13. The van der Waals surface area contributed by atoms with Crippen LogP contribution in [0.25, 0.3) is 0 Å². The Balaban J connectivity index is 3.84. The maximum absolute atomic E-state index is 9.88. The average Bonchev–Trinajstić information content (AvgIpc) is 1.30. The van der Waals surface area contributed by atoms with E-state index in [4.69, 9.17) is 0 Å². The predicted octanol–water partition coefficient (Wildman–Crippen LogP) is -0.588. The Kier molecular flexibility index (Phi) is 2.51. The van der Waals surface area contributed by atoms with Gasteiger partial charge in [-0.3, -0.25) is 4.79 Å². The van der Waals surface area contributed by atoms with E-state index in [-0.39, 0.29) is 6.41 Å². The molecule has 0 heterocycles. The molecule has 0 aromatic heterocycles. The van der Waals surface area contributed by atoms with Crippen LogP contribution >= 0.6 is 21.2 Å². The molecule has 1 N–H and O–H groups in total. The van der Waals surface area contributed by atoms with Crippen molar-refractivity contribution in [2.45, 2.75) is 0 Å². The van der Waals surface area contributed by atoms with Crippen LogP contribution in [0.1, 0.15) is 0 Å². The van der Waals surface area contributed by atoms with Gasteiger partial charge in [0.25, 0.3) is 7.19 Å². The number of hydrogen-bond acceptors (Lipinski definition) is 3. The van der Waals surface area contributed by atoms with Crippen molar-refractivity contribution in [1.82, 2.24) is 4.72 Å². The molecule has 0 spiro atoms. The molecular weight excluding hydrogens is 233 g/mol. The van der Waals surface area contributed by atoms with Gasteiger partial charge in [-0.05, 0) is 0 Å². The third-order valence-corrected chi connectivity index (χ3v) is 1.33. The number of carbonyl (C=O) groups is 1. The van der Waals surface area contributed by atoms with Crippen molar-refractivity contribution < 1.29 is 13.2 Å². The highest BCUT2D eigenvalue weighted by molar-refractivity contribution is 14.2. The van der Waals surface area contributed by atoms with E-state index in [2.05, 4.69) is 0 Å². The Labute approximate surface area is 52.9 Å². The van der Waals surface area contributed by atoms with Crippen molar-refractivity contribution in [3.8, 4) is 0 Å². The number of rotatable bonds is 2.